The van der Waals surface area contributed by atoms with Crippen LogP contribution < -0.4 is 15.5 Å². The third-order valence-electron chi connectivity index (χ3n) is 8.85. The Bertz CT molecular complexity index is 980. The molecule has 3 heterocycles. The molecule has 1 aromatic rings. The zero-order valence-electron chi connectivity index (χ0n) is 21.2. The van der Waals surface area contributed by atoms with E-state index in [2.05, 4.69) is 20.4 Å². The molecule has 1 saturated carbocycles. The van der Waals surface area contributed by atoms with Gasteiger partial charge in [-0.3, -0.25) is 19.3 Å². The van der Waals surface area contributed by atoms with Crippen LogP contribution in [0, 0.1) is 11.2 Å². The number of halogens is 1. The Hall–Kier alpha value is -2.68. The zero-order valence-corrected chi connectivity index (χ0v) is 21.2. The highest BCUT2D eigenvalue weighted by Gasteiger charge is 2.52. The van der Waals surface area contributed by atoms with Crippen molar-refractivity contribution in [3.63, 3.8) is 0 Å². The van der Waals surface area contributed by atoms with Crippen molar-refractivity contribution >= 4 is 23.4 Å². The summed E-state index contributed by atoms with van der Waals surface area (Å²) in [6.45, 7) is 7.30. The van der Waals surface area contributed by atoms with E-state index in [-0.39, 0.29) is 35.0 Å². The van der Waals surface area contributed by atoms with Gasteiger partial charge in [0, 0.05) is 64.5 Å². The third kappa shape index (κ3) is 4.94. The van der Waals surface area contributed by atoms with Crippen LogP contribution in [0.1, 0.15) is 51.9 Å². The second-order valence-electron chi connectivity index (χ2n) is 11.2. The molecule has 196 valence electrons. The Morgan fingerprint density at radius 1 is 1.03 bits per heavy atom. The van der Waals surface area contributed by atoms with E-state index in [1.807, 2.05) is 17.0 Å². The summed E-state index contributed by atoms with van der Waals surface area (Å²) in [5.41, 5.74) is -0.0349. The number of anilines is 1. The second kappa shape index (κ2) is 10.00. The maximum absolute atomic E-state index is 13.2. The molecule has 4 aliphatic rings. The molecule has 0 unspecified atom stereocenters. The lowest BCUT2D eigenvalue weighted by Gasteiger charge is -2.46. The predicted molar refractivity (Wildman–Crippen MR) is 135 cm³/mol. The van der Waals surface area contributed by atoms with Crippen LogP contribution in [0.3, 0.4) is 0 Å². The van der Waals surface area contributed by atoms with Crippen molar-refractivity contribution in [3.05, 3.63) is 30.1 Å². The van der Waals surface area contributed by atoms with Crippen LogP contribution in [0.25, 0.3) is 0 Å². The van der Waals surface area contributed by atoms with E-state index >= 15 is 0 Å². The zero-order chi connectivity index (χ0) is 25.3. The summed E-state index contributed by atoms with van der Waals surface area (Å²) in [6, 6.07) is 6.86. The van der Waals surface area contributed by atoms with Crippen LogP contribution in [0.15, 0.2) is 24.3 Å². The average Bonchev–Trinajstić information content (AvgIpc) is 3.15. The average molecular weight is 500 g/mol. The van der Waals surface area contributed by atoms with Gasteiger partial charge in [0.15, 0.2) is 0 Å². The molecule has 36 heavy (non-hydrogen) atoms. The molecule has 8 nitrogen and oxygen atoms in total. The van der Waals surface area contributed by atoms with E-state index in [0.29, 0.717) is 38.8 Å². The number of likely N-dealkylation sites (tertiary alicyclic amines) is 1. The molecular weight excluding hydrogens is 461 g/mol. The predicted octanol–water partition coefficient (Wildman–Crippen LogP) is 1.89. The van der Waals surface area contributed by atoms with E-state index in [1.165, 1.54) is 19.1 Å². The number of hydrogen-bond acceptors (Lipinski definition) is 5. The molecule has 1 atom stereocenters. The second-order valence-corrected chi connectivity index (χ2v) is 11.2. The molecular formula is C27H38FN5O3. The standard InChI is InChI=1S/C27H38FN5O3/c1-20(34)30-27(8-2-9-27)25(36)33-13-10-26(11-14-33)19-22(29-24(26)35)7-12-31-15-17-32(18-16-31)23-5-3-21(28)4-6-23/h3-6,22H,2,7-19H2,1H3,(H,29,35)(H,30,34)/t22-/m0/s1. The lowest BCUT2D eigenvalue weighted by Crippen LogP contribution is -2.64. The summed E-state index contributed by atoms with van der Waals surface area (Å²) < 4.78 is 13.2. The van der Waals surface area contributed by atoms with Crippen molar-refractivity contribution in [2.45, 2.75) is 63.5 Å². The molecule has 1 spiro atoms. The van der Waals surface area contributed by atoms with Crippen LogP contribution in [-0.4, -0.2) is 84.9 Å². The fourth-order valence-corrected chi connectivity index (χ4v) is 6.48. The fourth-order valence-electron chi connectivity index (χ4n) is 6.48. The largest absolute Gasteiger partial charge is 0.369 e. The van der Waals surface area contributed by atoms with Crippen molar-refractivity contribution in [1.29, 1.82) is 0 Å². The highest BCUT2D eigenvalue weighted by atomic mass is 19.1. The van der Waals surface area contributed by atoms with Crippen molar-refractivity contribution < 1.29 is 18.8 Å². The highest BCUT2D eigenvalue weighted by molar-refractivity contribution is 5.92. The maximum atomic E-state index is 13.2. The van der Waals surface area contributed by atoms with Crippen LogP contribution in [-0.2, 0) is 14.4 Å². The van der Waals surface area contributed by atoms with Crippen LogP contribution >= 0.6 is 0 Å². The smallest absolute Gasteiger partial charge is 0.248 e. The lowest BCUT2D eigenvalue weighted by molar-refractivity contribution is -0.149. The number of benzene rings is 1. The van der Waals surface area contributed by atoms with Gasteiger partial charge in [-0.25, -0.2) is 4.39 Å². The molecule has 3 amide bonds. The summed E-state index contributed by atoms with van der Waals surface area (Å²) in [7, 11) is 0. The van der Waals surface area contributed by atoms with Crippen LogP contribution in [0.4, 0.5) is 10.1 Å². The summed E-state index contributed by atoms with van der Waals surface area (Å²) >= 11 is 0. The molecule has 5 rings (SSSR count). The van der Waals surface area contributed by atoms with Gasteiger partial charge in [-0.05, 0) is 69.2 Å². The molecule has 0 aromatic heterocycles. The summed E-state index contributed by atoms with van der Waals surface area (Å²) in [4.78, 5) is 44.4. The quantitative estimate of drug-likeness (QED) is 0.625. The minimum Gasteiger partial charge on any atom is -0.369 e. The number of piperazine rings is 1. The lowest BCUT2D eigenvalue weighted by atomic mass is 9.73. The Morgan fingerprint density at radius 3 is 2.28 bits per heavy atom. The molecule has 2 N–H and O–H groups in total. The fraction of sp³-hybridized carbons (Fsp3) is 0.667. The minimum atomic E-state index is -0.725. The first kappa shape index (κ1) is 25.0. The molecule has 4 fully saturated rings. The molecule has 3 aliphatic heterocycles. The molecule has 1 aromatic carbocycles. The van der Waals surface area contributed by atoms with Crippen LogP contribution in [0.2, 0.25) is 0 Å². The number of rotatable bonds is 6. The van der Waals surface area contributed by atoms with Gasteiger partial charge >= 0.3 is 0 Å². The van der Waals surface area contributed by atoms with Crippen molar-refractivity contribution in [1.82, 2.24) is 20.4 Å². The van der Waals surface area contributed by atoms with Gasteiger partial charge in [-0.2, -0.15) is 0 Å². The number of carbonyl (C=O) groups excluding carboxylic acids is 3. The Morgan fingerprint density at radius 2 is 1.69 bits per heavy atom. The number of amides is 3. The van der Waals surface area contributed by atoms with E-state index in [4.69, 9.17) is 0 Å². The van der Waals surface area contributed by atoms with Gasteiger partial charge in [0.05, 0.1) is 5.41 Å². The minimum absolute atomic E-state index is 0.0218. The van der Waals surface area contributed by atoms with Gasteiger partial charge in [0.2, 0.25) is 17.7 Å². The maximum Gasteiger partial charge on any atom is 0.248 e. The number of carbonyl (C=O) groups is 3. The van der Waals surface area contributed by atoms with Crippen molar-refractivity contribution in [2.75, 3.05) is 50.7 Å². The number of nitrogens with zero attached hydrogens (tertiary/aromatic N) is 3. The van der Waals surface area contributed by atoms with Gasteiger partial charge in [-0.15, -0.1) is 0 Å². The molecule has 3 saturated heterocycles. The molecule has 0 radical (unpaired) electrons. The summed E-state index contributed by atoms with van der Waals surface area (Å²) in [6.07, 6.45) is 5.50. The molecule has 1 aliphatic carbocycles. The van der Waals surface area contributed by atoms with Crippen molar-refractivity contribution in [2.24, 2.45) is 5.41 Å². The first-order valence-electron chi connectivity index (χ1n) is 13.4. The van der Waals surface area contributed by atoms with Gasteiger partial charge in [0.1, 0.15) is 11.4 Å². The van der Waals surface area contributed by atoms with Gasteiger partial charge < -0.3 is 20.4 Å². The summed E-state index contributed by atoms with van der Waals surface area (Å²) in [5, 5.41) is 6.14. The first-order valence-corrected chi connectivity index (χ1v) is 13.4. The number of nitrogens with one attached hydrogen (secondary N) is 2. The Kier molecular flexibility index (Phi) is 6.94. The summed E-state index contributed by atoms with van der Waals surface area (Å²) in [5.74, 6) is -0.209. The first-order chi connectivity index (χ1) is 17.3. The molecule has 9 heteroatoms. The Balaban J connectivity index is 1.07. The van der Waals surface area contributed by atoms with Crippen molar-refractivity contribution in [3.8, 4) is 0 Å². The monoisotopic (exact) mass is 499 g/mol. The van der Waals surface area contributed by atoms with E-state index in [1.54, 1.807) is 0 Å². The number of piperidine rings is 1. The molecule has 0 bridgehead atoms. The van der Waals surface area contributed by atoms with E-state index < -0.39 is 5.54 Å². The number of hydrogen-bond donors (Lipinski definition) is 2. The van der Waals surface area contributed by atoms with E-state index in [9.17, 15) is 18.8 Å². The topological polar surface area (TPSA) is 85.0 Å². The van der Waals surface area contributed by atoms with Gasteiger partial charge in [-0.1, -0.05) is 0 Å². The van der Waals surface area contributed by atoms with Crippen LogP contribution in [0.5, 0.6) is 0 Å². The highest BCUT2D eigenvalue weighted by Crippen LogP contribution is 2.42. The van der Waals surface area contributed by atoms with E-state index in [0.717, 1.165) is 57.7 Å². The van der Waals surface area contributed by atoms with Gasteiger partial charge in [0.25, 0.3) is 0 Å². The third-order valence-corrected chi connectivity index (χ3v) is 8.85. The Labute approximate surface area is 212 Å². The SMILES string of the molecule is CC(=O)NC1(C(=O)N2CCC3(CC2)C[C@H](CCN2CCN(c4ccc(F)cc4)CC2)NC3=O)CCC1. The normalized spacial score (nSPS) is 25.4.